The Bertz CT molecular complexity index is 543. The van der Waals surface area contributed by atoms with Gasteiger partial charge in [-0.2, -0.15) is 0 Å². The van der Waals surface area contributed by atoms with Gasteiger partial charge in [-0.1, -0.05) is 36.4 Å². The van der Waals surface area contributed by atoms with Crippen molar-refractivity contribution in [3.63, 3.8) is 0 Å². The van der Waals surface area contributed by atoms with E-state index in [-0.39, 0.29) is 6.61 Å². The van der Waals surface area contributed by atoms with Crippen LogP contribution in [0.2, 0.25) is 0 Å². The van der Waals surface area contributed by atoms with Crippen molar-refractivity contribution >= 4 is 11.5 Å². The zero-order valence-electron chi connectivity index (χ0n) is 12.2. The molecule has 0 aliphatic carbocycles. The van der Waals surface area contributed by atoms with Gasteiger partial charge in [0, 0.05) is 0 Å². The Balaban J connectivity index is 2.20. The molecule has 0 radical (unpaired) electrons. The zero-order valence-corrected chi connectivity index (χ0v) is 12.2. The number of hydrogen-bond acceptors (Lipinski definition) is 4. The number of aliphatic hydroxyl groups excluding tert-OH is 1. The Morgan fingerprint density at radius 2 is 2.14 bits per heavy atom. The number of allylic oxidation sites excluding steroid dienone is 2. The molecule has 1 N–H and O–H groups in total. The van der Waals surface area contributed by atoms with Crippen molar-refractivity contribution in [3.05, 3.63) is 53.3 Å². The van der Waals surface area contributed by atoms with Crippen LogP contribution in [0.25, 0.3) is 5.57 Å². The molecule has 1 aromatic carbocycles. The predicted molar refractivity (Wildman–Crippen MR) is 80.3 cm³/mol. The molecule has 0 unspecified atom stereocenters. The third kappa shape index (κ3) is 3.95. The predicted octanol–water partition coefficient (Wildman–Crippen LogP) is 2.69. The van der Waals surface area contributed by atoms with Gasteiger partial charge in [0.05, 0.1) is 20.3 Å². The monoisotopic (exact) mass is 288 g/mol. The lowest BCUT2D eigenvalue weighted by Crippen LogP contribution is -2.16. The minimum absolute atomic E-state index is 0.0360. The van der Waals surface area contributed by atoms with Gasteiger partial charge < -0.3 is 14.6 Å². The van der Waals surface area contributed by atoms with Crippen molar-refractivity contribution in [1.82, 2.24) is 0 Å². The molecule has 0 spiro atoms. The van der Waals surface area contributed by atoms with Gasteiger partial charge in [-0.3, -0.25) is 0 Å². The maximum absolute atomic E-state index is 11.7. The zero-order chi connectivity index (χ0) is 15.1. The summed E-state index contributed by atoms with van der Waals surface area (Å²) in [6.45, 7) is 0.509. The number of carbonyl (C=O) groups excluding carboxylic acids is 1. The molecular weight excluding hydrogens is 268 g/mol. The Kier molecular flexibility index (Phi) is 5.58. The van der Waals surface area contributed by atoms with Crippen LogP contribution in [0, 0.1) is 0 Å². The molecule has 2 rings (SSSR count). The molecule has 0 aromatic heterocycles. The molecule has 0 bridgehead atoms. The van der Waals surface area contributed by atoms with Crippen molar-refractivity contribution < 1.29 is 19.4 Å². The molecule has 4 heteroatoms. The van der Waals surface area contributed by atoms with Crippen LogP contribution in [0.4, 0.5) is 0 Å². The molecule has 0 fully saturated rings. The number of hydrogen-bond donors (Lipinski definition) is 1. The minimum Gasteiger partial charge on any atom is -0.487 e. The first-order chi connectivity index (χ1) is 10.3. The highest BCUT2D eigenvalue weighted by Gasteiger charge is 2.20. The number of benzene rings is 1. The Labute approximate surface area is 124 Å². The van der Waals surface area contributed by atoms with E-state index >= 15 is 0 Å². The standard InChI is InChI=1S/C17H20O4/c1-20-17(19)16-14(8-5-11-21-16)9-10-15(12-18)13-6-3-2-4-7-13/h2-4,6-7,10,18H,5,8-9,11-12H2,1H3. The van der Waals surface area contributed by atoms with E-state index < -0.39 is 5.97 Å². The minimum atomic E-state index is -0.427. The molecule has 1 heterocycles. The van der Waals surface area contributed by atoms with Crippen molar-refractivity contribution in [2.45, 2.75) is 19.3 Å². The normalized spacial score (nSPS) is 15.6. The summed E-state index contributed by atoms with van der Waals surface area (Å²) in [7, 11) is 1.35. The van der Waals surface area contributed by atoms with Crippen molar-refractivity contribution in [1.29, 1.82) is 0 Å². The number of ether oxygens (including phenoxy) is 2. The van der Waals surface area contributed by atoms with E-state index in [2.05, 4.69) is 0 Å². The van der Waals surface area contributed by atoms with Gasteiger partial charge in [0.15, 0.2) is 0 Å². The smallest absolute Gasteiger partial charge is 0.373 e. The summed E-state index contributed by atoms with van der Waals surface area (Å²) in [6.07, 6.45) is 4.23. The molecule has 0 saturated carbocycles. The maximum Gasteiger partial charge on any atom is 0.373 e. The van der Waals surface area contributed by atoms with Crippen molar-refractivity contribution in [2.75, 3.05) is 20.3 Å². The SMILES string of the molecule is COC(=O)C1=C(CC=C(CO)c2ccccc2)CCCO1. The Morgan fingerprint density at radius 3 is 2.81 bits per heavy atom. The third-order valence-corrected chi connectivity index (χ3v) is 3.47. The molecule has 21 heavy (non-hydrogen) atoms. The van der Waals surface area contributed by atoms with Crippen LogP contribution in [0.1, 0.15) is 24.8 Å². The summed E-state index contributed by atoms with van der Waals surface area (Å²) in [4.78, 5) is 11.7. The fourth-order valence-electron chi connectivity index (χ4n) is 2.34. The summed E-state index contributed by atoms with van der Waals surface area (Å²) in [5.74, 6) is -0.103. The summed E-state index contributed by atoms with van der Waals surface area (Å²) in [5, 5.41) is 9.52. The van der Waals surface area contributed by atoms with Crippen LogP contribution in [0.15, 0.2) is 47.7 Å². The van der Waals surface area contributed by atoms with Gasteiger partial charge in [-0.25, -0.2) is 4.79 Å². The second-order valence-electron chi connectivity index (χ2n) is 4.83. The van der Waals surface area contributed by atoms with E-state index in [4.69, 9.17) is 9.47 Å². The molecule has 0 amide bonds. The highest BCUT2D eigenvalue weighted by atomic mass is 16.6. The molecular formula is C17H20O4. The van der Waals surface area contributed by atoms with E-state index in [1.807, 2.05) is 36.4 Å². The van der Waals surface area contributed by atoms with Gasteiger partial charge >= 0.3 is 5.97 Å². The van der Waals surface area contributed by atoms with Crippen LogP contribution in [-0.4, -0.2) is 31.4 Å². The lowest BCUT2D eigenvalue weighted by atomic mass is 9.99. The van der Waals surface area contributed by atoms with Gasteiger partial charge in [0.1, 0.15) is 0 Å². The van der Waals surface area contributed by atoms with Gasteiger partial charge in [0.25, 0.3) is 0 Å². The first kappa shape index (κ1) is 15.3. The number of methoxy groups -OCH3 is 1. The van der Waals surface area contributed by atoms with E-state index in [0.29, 0.717) is 18.8 Å². The second kappa shape index (κ2) is 7.64. The van der Waals surface area contributed by atoms with E-state index in [9.17, 15) is 9.90 Å². The summed E-state index contributed by atoms with van der Waals surface area (Å²) >= 11 is 0. The maximum atomic E-state index is 11.7. The number of aliphatic hydroxyl groups is 1. The quantitative estimate of drug-likeness (QED) is 0.846. The van der Waals surface area contributed by atoms with Gasteiger partial charge in [-0.05, 0) is 36.0 Å². The number of rotatable bonds is 5. The van der Waals surface area contributed by atoms with Crippen molar-refractivity contribution in [3.8, 4) is 0 Å². The lowest BCUT2D eigenvalue weighted by molar-refractivity contribution is -0.140. The molecule has 112 valence electrons. The second-order valence-corrected chi connectivity index (χ2v) is 4.83. The lowest BCUT2D eigenvalue weighted by Gasteiger charge is -2.19. The average Bonchev–Trinajstić information content (AvgIpc) is 2.56. The Morgan fingerprint density at radius 1 is 1.38 bits per heavy atom. The first-order valence-corrected chi connectivity index (χ1v) is 7.04. The molecule has 0 atom stereocenters. The van der Waals surface area contributed by atoms with Crippen LogP contribution in [-0.2, 0) is 14.3 Å². The van der Waals surface area contributed by atoms with Crippen LogP contribution in [0.3, 0.4) is 0 Å². The number of esters is 1. The molecule has 4 nitrogen and oxygen atoms in total. The summed E-state index contributed by atoms with van der Waals surface area (Å²) < 4.78 is 10.2. The Hall–Kier alpha value is -2.07. The van der Waals surface area contributed by atoms with E-state index in [1.54, 1.807) is 0 Å². The molecule has 0 saturated heterocycles. The highest BCUT2D eigenvalue weighted by Crippen LogP contribution is 2.25. The fourth-order valence-corrected chi connectivity index (χ4v) is 2.34. The van der Waals surface area contributed by atoms with E-state index in [0.717, 1.165) is 29.6 Å². The van der Waals surface area contributed by atoms with Gasteiger partial charge in [-0.15, -0.1) is 0 Å². The molecule has 1 aliphatic rings. The average molecular weight is 288 g/mol. The van der Waals surface area contributed by atoms with E-state index in [1.165, 1.54) is 7.11 Å². The topological polar surface area (TPSA) is 55.8 Å². The van der Waals surface area contributed by atoms with Crippen LogP contribution < -0.4 is 0 Å². The third-order valence-electron chi connectivity index (χ3n) is 3.47. The van der Waals surface area contributed by atoms with Crippen LogP contribution in [0.5, 0.6) is 0 Å². The largest absolute Gasteiger partial charge is 0.487 e. The van der Waals surface area contributed by atoms with Crippen molar-refractivity contribution in [2.24, 2.45) is 0 Å². The van der Waals surface area contributed by atoms with Crippen LogP contribution >= 0.6 is 0 Å². The highest BCUT2D eigenvalue weighted by molar-refractivity contribution is 5.87. The molecule has 1 aliphatic heterocycles. The fraction of sp³-hybridized carbons (Fsp3) is 0.353. The number of carbonyl (C=O) groups is 1. The van der Waals surface area contributed by atoms with Gasteiger partial charge in [0.2, 0.25) is 5.76 Å². The molecule has 1 aromatic rings. The first-order valence-electron chi connectivity index (χ1n) is 7.04. The summed E-state index contributed by atoms with van der Waals surface area (Å²) in [5.41, 5.74) is 2.75. The summed E-state index contributed by atoms with van der Waals surface area (Å²) in [6, 6.07) is 9.71.